The molecule has 2 unspecified atom stereocenters. The molecule has 0 bridgehead atoms. The summed E-state index contributed by atoms with van der Waals surface area (Å²) in [7, 11) is 2.11. The first-order valence-electron chi connectivity index (χ1n) is 10.3. The van der Waals surface area contributed by atoms with Gasteiger partial charge in [-0.2, -0.15) is 0 Å². The summed E-state index contributed by atoms with van der Waals surface area (Å²) in [5.74, 6) is -0.396. The number of rotatable bonds is 5. The van der Waals surface area contributed by atoms with E-state index in [1.165, 1.54) is 6.07 Å². The minimum Gasteiger partial charge on any atom is -0.349 e. The quantitative estimate of drug-likeness (QED) is 0.495. The van der Waals surface area contributed by atoms with Crippen LogP contribution in [0.5, 0.6) is 0 Å². The van der Waals surface area contributed by atoms with Crippen molar-refractivity contribution < 1.29 is 9.18 Å². The zero-order chi connectivity index (χ0) is 22.1. The van der Waals surface area contributed by atoms with Crippen LogP contribution in [-0.4, -0.2) is 30.9 Å². The molecule has 0 spiro atoms. The molecule has 0 aliphatic carbocycles. The molecule has 1 aliphatic rings. The van der Waals surface area contributed by atoms with E-state index in [0.29, 0.717) is 5.56 Å². The number of benzene rings is 2. The summed E-state index contributed by atoms with van der Waals surface area (Å²) >= 11 is 7.04. The number of likely N-dealkylation sites (tertiary alicyclic amines) is 1. The fourth-order valence-corrected chi connectivity index (χ4v) is 5.77. The molecule has 1 aliphatic heterocycles. The van der Waals surface area contributed by atoms with E-state index in [9.17, 15) is 9.18 Å². The van der Waals surface area contributed by atoms with Gasteiger partial charge in [0.2, 0.25) is 5.91 Å². The van der Waals surface area contributed by atoms with Gasteiger partial charge in [-0.3, -0.25) is 4.79 Å². The lowest BCUT2D eigenvalue weighted by Gasteiger charge is -2.45. The Morgan fingerprint density at radius 1 is 1.10 bits per heavy atom. The highest BCUT2D eigenvalue weighted by Crippen LogP contribution is 2.42. The molecule has 2 atom stereocenters. The van der Waals surface area contributed by atoms with Crippen molar-refractivity contribution in [2.45, 2.75) is 45.1 Å². The van der Waals surface area contributed by atoms with Crippen molar-refractivity contribution in [2.75, 3.05) is 20.1 Å². The van der Waals surface area contributed by atoms with Gasteiger partial charge in [0, 0.05) is 20.3 Å². The average molecular weight is 540 g/mol. The summed E-state index contributed by atoms with van der Waals surface area (Å²) in [6.07, 6.45) is 1.75. The van der Waals surface area contributed by atoms with Crippen LogP contribution in [0.15, 0.2) is 45.3 Å². The van der Waals surface area contributed by atoms with Crippen molar-refractivity contribution in [1.29, 1.82) is 0 Å². The van der Waals surface area contributed by atoms with Crippen molar-refractivity contribution in [3.63, 3.8) is 0 Å². The molecule has 30 heavy (non-hydrogen) atoms. The van der Waals surface area contributed by atoms with E-state index in [4.69, 9.17) is 0 Å². The van der Waals surface area contributed by atoms with Crippen LogP contribution in [0.1, 0.15) is 49.4 Å². The molecule has 162 valence electrons. The van der Waals surface area contributed by atoms with Crippen LogP contribution in [-0.2, 0) is 10.2 Å². The van der Waals surface area contributed by atoms with Gasteiger partial charge in [0.05, 0.1) is 6.04 Å². The number of carbonyl (C=O) groups is 1. The van der Waals surface area contributed by atoms with Crippen molar-refractivity contribution in [2.24, 2.45) is 5.92 Å². The van der Waals surface area contributed by atoms with Crippen LogP contribution in [0.3, 0.4) is 0 Å². The zero-order valence-electron chi connectivity index (χ0n) is 17.9. The van der Waals surface area contributed by atoms with Gasteiger partial charge >= 0.3 is 0 Å². The molecule has 1 N–H and O–H groups in total. The van der Waals surface area contributed by atoms with Crippen LogP contribution >= 0.6 is 31.9 Å². The average Bonchev–Trinajstić information content (AvgIpc) is 2.69. The summed E-state index contributed by atoms with van der Waals surface area (Å²) in [6, 6.07) is 11.2. The third-order valence-electron chi connectivity index (χ3n) is 6.58. The fraction of sp³-hybridized carbons (Fsp3) is 0.458. The van der Waals surface area contributed by atoms with Gasteiger partial charge in [-0.1, -0.05) is 50.9 Å². The first-order chi connectivity index (χ1) is 14.1. The van der Waals surface area contributed by atoms with E-state index in [0.717, 1.165) is 46.0 Å². The number of nitrogens with zero attached hydrogens (tertiary/aromatic N) is 1. The number of aryl methyl sites for hydroxylation is 1. The predicted octanol–water partition coefficient (Wildman–Crippen LogP) is 6.14. The van der Waals surface area contributed by atoms with Crippen LogP contribution in [0.25, 0.3) is 0 Å². The number of amides is 1. The van der Waals surface area contributed by atoms with Gasteiger partial charge in [0.25, 0.3) is 0 Å². The third kappa shape index (κ3) is 4.97. The smallest absolute Gasteiger partial charge is 0.224 e. The molecule has 0 radical (unpaired) electrons. The van der Waals surface area contributed by atoms with Crippen molar-refractivity contribution in [3.05, 3.63) is 67.9 Å². The Hall–Kier alpha value is -1.24. The van der Waals surface area contributed by atoms with Gasteiger partial charge in [0.15, 0.2) is 0 Å². The fourth-order valence-electron chi connectivity index (χ4n) is 4.44. The van der Waals surface area contributed by atoms with Gasteiger partial charge in [-0.15, -0.1) is 0 Å². The normalized spacial score (nSPS) is 18.6. The largest absolute Gasteiger partial charge is 0.349 e. The SMILES string of the molecule is Cc1cc(C2(C(C)C(=O)NC(C)c3cc(Br)cc(Br)c3)CCN(C)CC2)ccc1F. The molecule has 3 rings (SSSR count). The molecule has 2 aromatic rings. The number of piperidine rings is 1. The minimum absolute atomic E-state index is 0.0325. The van der Waals surface area contributed by atoms with Crippen LogP contribution in [0.2, 0.25) is 0 Å². The Bertz CT molecular complexity index is 905. The zero-order valence-corrected chi connectivity index (χ0v) is 21.1. The highest BCUT2D eigenvalue weighted by Gasteiger charge is 2.43. The Labute approximate surface area is 195 Å². The number of hydrogen-bond acceptors (Lipinski definition) is 2. The number of carbonyl (C=O) groups excluding carboxylic acids is 1. The Kier molecular flexibility index (Phi) is 7.41. The van der Waals surface area contributed by atoms with Crippen molar-refractivity contribution >= 4 is 37.8 Å². The maximum atomic E-state index is 13.9. The van der Waals surface area contributed by atoms with Crippen LogP contribution in [0.4, 0.5) is 4.39 Å². The third-order valence-corrected chi connectivity index (χ3v) is 7.49. The lowest BCUT2D eigenvalue weighted by atomic mass is 9.64. The van der Waals surface area contributed by atoms with E-state index in [1.807, 2.05) is 44.2 Å². The molecular formula is C24H29Br2FN2O. The van der Waals surface area contributed by atoms with E-state index >= 15 is 0 Å². The summed E-state index contributed by atoms with van der Waals surface area (Å²) < 4.78 is 15.9. The molecule has 0 aromatic heterocycles. The topological polar surface area (TPSA) is 32.3 Å². The predicted molar refractivity (Wildman–Crippen MR) is 127 cm³/mol. The lowest BCUT2D eigenvalue weighted by Crippen LogP contribution is -2.50. The maximum Gasteiger partial charge on any atom is 0.224 e. The summed E-state index contributed by atoms with van der Waals surface area (Å²) in [4.78, 5) is 15.7. The second-order valence-corrected chi connectivity index (χ2v) is 10.4. The molecule has 6 heteroatoms. The maximum absolute atomic E-state index is 13.9. The van der Waals surface area contributed by atoms with Crippen LogP contribution in [0, 0.1) is 18.7 Å². The molecule has 1 saturated heterocycles. The highest BCUT2D eigenvalue weighted by molar-refractivity contribution is 9.11. The van der Waals surface area contributed by atoms with E-state index in [1.54, 1.807) is 6.92 Å². The molecular weight excluding hydrogens is 511 g/mol. The Balaban J connectivity index is 1.87. The van der Waals surface area contributed by atoms with Crippen molar-refractivity contribution in [1.82, 2.24) is 10.2 Å². The van der Waals surface area contributed by atoms with Crippen molar-refractivity contribution in [3.8, 4) is 0 Å². The van der Waals surface area contributed by atoms with E-state index in [2.05, 4.69) is 49.1 Å². The Morgan fingerprint density at radius 2 is 1.70 bits per heavy atom. The van der Waals surface area contributed by atoms with Gasteiger partial charge in [0.1, 0.15) is 5.82 Å². The van der Waals surface area contributed by atoms with E-state index < -0.39 is 0 Å². The second-order valence-electron chi connectivity index (χ2n) is 8.58. The molecule has 3 nitrogen and oxygen atoms in total. The monoisotopic (exact) mass is 538 g/mol. The Morgan fingerprint density at radius 3 is 2.27 bits per heavy atom. The standard InChI is InChI=1S/C24H29Br2FN2O/c1-15-11-19(5-6-22(15)27)24(7-9-29(4)10-8-24)16(2)23(30)28-17(3)18-12-20(25)14-21(26)13-18/h5-6,11-14,16-17H,7-10H2,1-4H3,(H,28,30). The highest BCUT2D eigenvalue weighted by atomic mass is 79.9. The molecule has 1 fully saturated rings. The molecule has 2 aromatic carbocycles. The minimum atomic E-state index is -0.299. The summed E-state index contributed by atoms with van der Waals surface area (Å²) in [5, 5.41) is 3.21. The molecule has 1 heterocycles. The van der Waals surface area contributed by atoms with Gasteiger partial charge < -0.3 is 10.2 Å². The first-order valence-corrected chi connectivity index (χ1v) is 11.9. The van der Waals surface area contributed by atoms with Gasteiger partial charge in [-0.05, 0) is 87.8 Å². The van der Waals surface area contributed by atoms with Gasteiger partial charge in [-0.25, -0.2) is 4.39 Å². The second kappa shape index (κ2) is 9.49. The van der Waals surface area contributed by atoms with Crippen LogP contribution < -0.4 is 5.32 Å². The summed E-state index contributed by atoms with van der Waals surface area (Å²) in [6.45, 7) is 7.65. The summed E-state index contributed by atoms with van der Waals surface area (Å²) in [5.41, 5.74) is 2.43. The molecule has 0 saturated carbocycles. The number of nitrogens with one attached hydrogen (secondary N) is 1. The first kappa shape index (κ1) is 23.4. The van der Waals surface area contributed by atoms with E-state index in [-0.39, 0.29) is 29.1 Å². The lowest BCUT2D eigenvalue weighted by molar-refractivity contribution is -0.128. The number of hydrogen-bond donors (Lipinski definition) is 1. The number of halogens is 3. The molecule has 1 amide bonds.